The minimum absolute atomic E-state index is 0.0276. The normalized spacial score (nSPS) is 28.6. The summed E-state index contributed by atoms with van der Waals surface area (Å²) < 4.78 is 34.1. The minimum atomic E-state index is -1.92. The van der Waals surface area contributed by atoms with Crippen LogP contribution in [-0.4, -0.2) is 132 Å². The number of hydrogen-bond donors (Lipinski definition) is 10. The fourth-order valence-corrected chi connectivity index (χ4v) is 5.74. The number of esters is 1. The zero-order chi connectivity index (χ0) is 38.8. The van der Waals surface area contributed by atoms with Gasteiger partial charge in [0.1, 0.15) is 72.7 Å². The minimum Gasteiger partial charge on any atom is -0.508 e. The van der Waals surface area contributed by atoms with Crippen LogP contribution in [0.25, 0.3) is 28.7 Å². The molecule has 0 amide bonds. The Labute approximate surface area is 304 Å². The van der Waals surface area contributed by atoms with Crippen molar-refractivity contribution in [3.63, 3.8) is 0 Å². The van der Waals surface area contributed by atoms with Crippen LogP contribution >= 0.6 is 0 Å². The molecule has 0 spiro atoms. The zero-order valence-corrected chi connectivity index (χ0v) is 27.9. The summed E-state index contributed by atoms with van der Waals surface area (Å²) in [4.78, 5) is 25.2. The Kier molecular flexibility index (Phi) is 11.4. The van der Waals surface area contributed by atoms with Crippen molar-refractivity contribution < 1.29 is 84.0 Å². The number of benzene rings is 3. The molecule has 0 saturated carbocycles. The summed E-state index contributed by atoms with van der Waals surface area (Å²) in [5.74, 6) is -2.89. The van der Waals surface area contributed by atoms with Crippen molar-refractivity contribution in [1.82, 2.24) is 0 Å². The number of hydrogen-bond acceptors (Lipinski definition) is 18. The quantitative estimate of drug-likeness (QED) is 0.0535. The number of phenols is 3. The lowest BCUT2D eigenvalue weighted by molar-refractivity contribution is -0.278. The highest BCUT2D eigenvalue weighted by Gasteiger charge is 2.47. The summed E-state index contributed by atoms with van der Waals surface area (Å²) in [5.41, 5.74) is -0.0771. The Balaban J connectivity index is 1.31. The molecule has 1 aliphatic carbocycles. The highest BCUT2D eigenvalue weighted by Crippen LogP contribution is 2.44. The lowest BCUT2D eigenvalue weighted by Gasteiger charge is -2.40. The Morgan fingerprint density at radius 3 is 1.98 bits per heavy atom. The first-order valence-corrected chi connectivity index (χ1v) is 16.4. The van der Waals surface area contributed by atoms with Crippen LogP contribution in [0.4, 0.5) is 0 Å². The molecule has 3 aliphatic heterocycles. The number of carbonyl (C=O) groups excluding carboxylic acids is 1. The molecule has 10 atom stereocenters. The van der Waals surface area contributed by atoms with Crippen molar-refractivity contribution in [2.75, 3.05) is 13.2 Å². The number of phenolic OH excluding ortho intramolecular Hbond substituents is 3. The van der Waals surface area contributed by atoms with Gasteiger partial charge in [0.2, 0.25) is 12.6 Å². The van der Waals surface area contributed by atoms with E-state index in [9.17, 15) is 60.7 Å². The first kappa shape index (κ1) is 38.4. The second-order valence-electron chi connectivity index (χ2n) is 12.5. The molecule has 10 N–H and O–H groups in total. The monoisotopic (exact) mass is 756 g/mol. The molecular weight excluding hydrogens is 720 g/mol. The number of aliphatic hydroxyl groups excluding tert-OH is 7. The van der Waals surface area contributed by atoms with Crippen LogP contribution in [0.15, 0.2) is 76.0 Å². The van der Waals surface area contributed by atoms with Crippen LogP contribution in [0.5, 0.6) is 28.7 Å². The van der Waals surface area contributed by atoms with E-state index >= 15 is 0 Å². The van der Waals surface area contributed by atoms with E-state index in [0.717, 1.165) is 30.3 Å². The van der Waals surface area contributed by atoms with E-state index in [0.29, 0.717) is 5.56 Å². The summed E-state index contributed by atoms with van der Waals surface area (Å²) in [7, 11) is 0. The molecule has 2 aromatic carbocycles. The van der Waals surface area contributed by atoms with Gasteiger partial charge in [-0.2, -0.15) is 0 Å². The standard InChI is InChI=1S/C36H36O18/c37-13-25-28(43)30(45)32(47)35(53-25)51-23-11-18(39)10-22-19(23)12-24(34(50-22)16-4-7-20(40)21(41)9-16)52-36-33(48)31(46)29(44)26(54-36)14-49-27(42)8-3-15-1-5-17(38)6-2-15/h1-12,25-26,28-33,35-38,40-41,43-48H,13-14H2/t25-,26-,28-,29-,30+,31+,32-,33-,35-,36-/m1/s1. The maximum absolute atomic E-state index is 12.8. The van der Waals surface area contributed by atoms with Crippen LogP contribution < -0.4 is 14.9 Å². The summed E-state index contributed by atoms with van der Waals surface area (Å²) in [6.07, 6.45) is -14.8. The van der Waals surface area contributed by atoms with Gasteiger partial charge in [-0.05, 0) is 48.0 Å². The number of aliphatic hydroxyl groups is 7. The van der Waals surface area contributed by atoms with Crippen LogP contribution in [0.1, 0.15) is 5.56 Å². The van der Waals surface area contributed by atoms with Crippen LogP contribution in [0, 0.1) is 0 Å². The summed E-state index contributed by atoms with van der Waals surface area (Å²) in [6, 6.07) is 12.7. The van der Waals surface area contributed by atoms with E-state index in [-0.39, 0.29) is 39.9 Å². The summed E-state index contributed by atoms with van der Waals surface area (Å²) in [5, 5.41) is 102. The average molecular weight is 757 g/mol. The van der Waals surface area contributed by atoms with E-state index in [4.69, 9.17) is 28.1 Å². The second-order valence-corrected chi connectivity index (χ2v) is 12.5. The predicted molar refractivity (Wildman–Crippen MR) is 180 cm³/mol. The van der Waals surface area contributed by atoms with Crippen molar-refractivity contribution >= 4 is 12.0 Å². The van der Waals surface area contributed by atoms with Crippen molar-refractivity contribution in [2.45, 2.75) is 61.4 Å². The van der Waals surface area contributed by atoms with Crippen molar-refractivity contribution in [1.29, 1.82) is 0 Å². The number of ether oxygens (including phenoxy) is 5. The zero-order valence-electron chi connectivity index (χ0n) is 27.9. The van der Waals surface area contributed by atoms with Crippen LogP contribution in [-0.2, 0) is 19.0 Å². The lowest BCUT2D eigenvalue weighted by atomic mass is 9.99. The predicted octanol–water partition coefficient (Wildman–Crippen LogP) is -0.850. The third kappa shape index (κ3) is 8.11. The lowest BCUT2D eigenvalue weighted by Crippen LogP contribution is -2.60. The van der Waals surface area contributed by atoms with E-state index in [1.165, 1.54) is 30.3 Å². The molecule has 54 heavy (non-hydrogen) atoms. The first-order valence-electron chi connectivity index (χ1n) is 16.4. The average Bonchev–Trinajstić information content (AvgIpc) is 3.15. The Morgan fingerprint density at radius 1 is 0.704 bits per heavy atom. The van der Waals surface area contributed by atoms with E-state index in [1.54, 1.807) is 12.1 Å². The maximum Gasteiger partial charge on any atom is 0.330 e. The van der Waals surface area contributed by atoms with E-state index < -0.39 is 97.5 Å². The van der Waals surface area contributed by atoms with Gasteiger partial charge < -0.3 is 79.2 Å². The molecule has 0 bridgehead atoms. The highest BCUT2D eigenvalue weighted by atomic mass is 16.7. The molecule has 0 aromatic heterocycles. The van der Waals surface area contributed by atoms with E-state index in [2.05, 4.69) is 0 Å². The van der Waals surface area contributed by atoms with Crippen molar-refractivity contribution in [2.24, 2.45) is 0 Å². The smallest absolute Gasteiger partial charge is 0.330 e. The number of aromatic hydroxyl groups is 3. The van der Waals surface area contributed by atoms with Gasteiger partial charge in [0, 0.05) is 23.8 Å². The summed E-state index contributed by atoms with van der Waals surface area (Å²) in [6.45, 7) is -1.38. The van der Waals surface area contributed by atoms with Gasteiger partial charge in [-0.15, -0.1) is 0 Å². The molecule has 2 saturated heterocycles. The van der Waals surface area contributed by atoms with Gasteiger partial charge in [-0.3, -0.25) is 4.79 Å². The molecule has 4 aliphatic rings. The number of rotatable bonds is 10. The van der Waals surface area contributed by atoms with Gasteiger partial charge in [0.15, 0.2) is 28.4 Å². The van der Waals surface area contributed by atoms with E-state index in [1.807, 2.05) is 0 Å². The largest absolute Gasteiger partial charge is 0.508 e. The maximum atomic E-state index is 12.8. The molecule has 2 fully saturated rings. The third-order valence-electron chi connectivity index (χ3n) is 8.72. The first-order chi connectivity index (χ1) is 25.7. The van der Waals surface area contributed by atoms with Gasteiger partial charge >= 0.3 is 5.97 Å². The fourth-order valence-electron chi connectivity index (χ4n) is 5.74. The van der Waals surface area contributed by atoms with Gasteiger partial charge in [-0.25, -0.2) is 4.79 Å². The summed E-state index contributed by atoms with van der Waals surface area (Å²) >= 11 is 0. The Morgan fingerprint density at radius 2 is 1.33 bits per heavy atom. The molecule has 18 nitrogen and oxygen atoms in total. The molecule has 2 aromatic rings. The molecule has 0 unspecified atom stereocenters. The number of carbonyl (C=O) groups is 1. The number of fused-ring (bicyclic) bond motifs is 1. The highest BCUT2D eigenvalue weighted by molar-refractivity contribution is 5.87. The van der Waals surface area contributed by atoms with Gasteiger partial charge in [0.05, 0.1) is 12.2 Å². The van der Waals surface area contributed by atoms with Gasteiger partial charge in [-0.1, -0.05) is 12.1 Å². The van der Waals surface area contributed by atoms with Crippen molar-refractivity contribution in [3.05, 3.63) is 82.5 Å². The Bertz CT molecular complexity index is 1990. The molecular formula is C36H36O18. The fraction of sp³-hybridized carbons (Fsp3) is 0.333. The molecule has 18 heteroatoms. The second kappa shape index (κ2) is 16.0. The molecule has 0 radical (unpaired) electrons. The topological polar surface area (TPSA) is 296 Å². The third-order valence-corrected chi connectivity index (χ3v) is 8.72. The SMILES string of the molecule is O=C(C=Cc1ccc(O)cc1)OC[C@H]1O[C@@H](Oc2cc3c(O[C@@H]4O[C@H](CO)[C@@H](O)[C@H](O)[C@H]4O)cc(=O)cc-3oc2-c2ccc(O)c(O)c2)[C@H](O)[C@@H](O)[C@@H]1O. The molecule has 6 rings (SSSR count). The van der Waals surface area contributed by atoms with Crippen LogP contribution in [0.2, 0.25) is 0 Å². The Hall–Kier alpha value is -5.28. The van der Waals surface area contributed by atoms with Gasteiger partial charge in [0.25, 0.3) is 0 Å². The molecule has 288 valence electrons. The van der Waals surface area contributed by atoms with Crippen LogP contribution in [0.3, 0.4) is 0 Å². The molecule has 3 heterocycles. The van der Waals surface area contributed by atoms with Crippen molar-refractivity contribution in [3.8, 4) is 51.4 Å².